The summed E-state index contributed by atoms with van der Waals surface area (Å²) < 4.78 is 1.26. The van der Waals surface area contributed by atoms with Gasteiger partial charge in [-0.3, -0.25) is 5.84 Å². The summed E-state index contributed by atoms with van der Waals surface area (Å²) in [5.74, 6) is 5.31. The van der Waals surface area contributed by atoms with E-state index in [1.54, 1.807) is 17.4 Å². The Morgan fingerprint density at radius 2 is 2.55 bits per heavy atom. The summed E-state index contributed by atoms with van der Waals surface area (Å²) in [6, 6.07) is 2.17. The van der Waals surface area contributed by atoms with Crippen LogP contribution in [0.15, 0.2) is 24.1 Å². The second-order valence-electron chi connectivity index (χ2n) is 2.06. The SMILES string of the molecule is C=CC(NN)c1csc(I)c1. The molecule has 0 radical (unpaired) electrons. The normalized spacial score (nSPS) is 12.9. The van der Waals surface area contributed by atoms with E-state index < -0.39 is 0 Å². The molecule has 1 aromatic rings. The van der Waals surface area contributed by atoms with E-state index in [0.717, 1.165) is 0 Å². The molecule has 60 valence electrons. The van der Waals surface area contributed by atoms with Gasteiger partial charge in [-0.15, -0.1) is 17.9 Å². The van der Waals surface area contributed by atoms with Crippen molar-refractivity contribution in [3.8, 4) is 0 Å². The fourth-order valence-corrected chi connectivity index (χ4v) is 2.20. The first-order chi connectivity index (χ1) is 5.27. The van der Waals surface area contributed by atoms with Crippen LogP contribution in [0.25, 0.3) is 0 Å². The lowest BCUT2D eigenvalue weighted by atomic mass is 10.2. The van der Waals surface area contributed by atoms with Gasteiger partial charge < -0.3 is 0 Å². The van der Waals surface area contributed by atoms with E-state index in [1.807, 2.05) is 0 Å². The number of thiophene rings is 1. The van der Waals surface area contributed by atoms with Gasteiger partial charge in [0, 0.05) is 0 Å². The van der Waals surface area contributed by atoms with Crippen LogP contribution in [0, 0.1) is 2.88 Å². The molecule has 11 heavy (non-hydrogen) atoms. The highest BCUT2D eigenvalue weighted by Crippen LogP contribution is 2.22. The van der Waals surface area contributed by atoms with E-state index in [9.17, 15) is 0 Å². The van der Waals surface area contributed by atoms with Gasteiger partial charge in [-0.05, 0) is 39.6 Å². The third kappa shape index (κ3) is 2.26. The Balaban J connectivity index is 2.81. The van der Waals surface area contributed by atoms with Crippen molar-refractivity contribution < 1.29 is 0 Å². The summed E-state index contributed by atoms with van der Waals surface area (Å²) in [7, 11) is 0. The molecule has 0 saturated heterocycles. The molecule has 0 fully saturated rings. The van der Waals surface area contributed by atoms with Gasteiger partial charge in [0.1, 0.15) is 0 Å². The van der Waals surface area contributed by atoms with Crippen LogP contribution in [-0.2, 0) is 0 Å². The molecule has 0 amide bonds. The van der Waals surface area contributed by atoms with E-state index in [2.05, 4.69) is 46.0 Å². The predicted molar refractivity (Wildman–Crippen MR) is 57.3 cm³/mol. The Hall–Kier alpha value is 0.0900. The minimum atomic E-state index is 0.0785. The number of hydrogen-bond donors (Lipinski definition) is 2. The zero-order valence-corrected chi connectivity index (χ0v) is 8.85. The largest absolute Gasteiger partial charge is 0.271 e. The van der Waals surface area contributed by atoms with Crippen LogP contribution in [0.5, 0.6) is 0 Å². The summed E-state index contributed by atoms with van der Waals surface area (Å²) in [6.07, 6.45) is 1.79. The van der Waals surface area contributed by atoms with Gasteiger partial charge in [0.15, 0.2) is 0 Å². The van der Waals surface area contributed by atoms with Crippen LogP contribution in [-0.4, -0.2) is 0 Å². The molecule has 1 atom stereocenters. The molecule has 2 nitrogen and oxygen atoms in total. The quantitative estimate of drug-likeness (QED) is 0.385. The van der Waals surface area contributed by atoms with Crippen molar-refractivity contribution in [3.63, 3.8) is 0 Å². The van der Waals surface area contributed by atoms with Crippen LogP contribution < -0.4 is 11.3 Å². The molecule has 0 spiro atoms. The number of nitrogens with one attached hydrogen (secondary N) is 1. The highest BCUT2D eigenvalue weighted by atomic mass is 127. The minimum absolute atomic E-state index is 0.0785. The lowest BCUT2D eigenvalue weighted by Gasteiger charge is -2.07. The lowest BCUT2D eigenvalue weighted by Crippen LogP contribution is -2.25. The van der Waals surface area contributed by atoms with Gasteiger partial charge in [0.2, 0.25) is 0 Å². The summed E-state index contributed by atoms with van der Waals surface area (Å²) in [4.78, 5) is 0. The zero-order chi connectivity index (χ0) is 8.27. The number of hydrogen-bond acceptors (Lipinski definition) is 3. The minimum Gasteiger partial charge on any atom is -0.271 e. The van der Waals surface area contributed by atoms with E-state index in [4.69, 9.17) is 5.84 Å². The van der Waals surface area contributed by atoms with Crippen LogP contribution in [0.2, 0.25) is 0 Å². The molecular weight excluding hydrogens is 271 g/mol. The molecule has 1 unspecified atom stereocenters. The van der Waals surface area contributed by atoms with Crippen LogP contribution >= 0.6 is 33.9 Å². The van der Waals surface area contributed by atoms with Crippen LogP contribution in [0.4, 0.5) is 0 Å². The summed E-state index contributed by atoms with van der Waals surface area (Å²) >= 11 is 3.99. The number of hydrazine groups is 1. The molecule has 4 heteroatoms. The van der Waals surface area contributed by atoms with E-state index in [-0.39, 0.29) is 6.04 Å². The zero-order valence-electron chi connectivity index (χ0n) is 5.88. The predicted octanol–water partition coefficient (Wildman–Crippen LogP) is 2.04. The van der Waals surface area contributed by atoms with Crippen molar-refractivity contribution in [2.75, 3.05) is 0 Å². The summed E-state index contributed by atoms with van der Waals surface area (Å²) in [6.45, 7) is 3.68. The molecule has 0 aliphatic heterocycles. The van der Waals surface area contributed by atoms with E-state index in [1.165, 1.54) is 8.45 Å². The smallest absolute Gasteiger partial charge is 0.0656 e. The van der Waals surface area contributed by atoms with Crippen LogP contribution in [0.3, 0.4) is 0 Å². The first kappa shape index (κ1) is 9.18. The standard InChI is InChI=1S/C7H9IN2S/c1-2-6(10-9)5-3-7(8)11-4-5/h2-4,6,10H,1,9H2. The Morgan fingerprint density at radius 1 is 1.82 bits per heavy atom. The third-order valence-corrected chi connectivity index (χ3v) is 3.17. The number of nitrogens with two attached hydrogens (primary N) is 1. The first-order valence-electron chi connectivity index (χ1n) is 3.10. The second kappa shape index (κ2) is 4.20. The van der Waals surface area contributed by atoms with E-state index >= 15 is 0 Å². The highest BCUT2D eigenvalue weighted by molar-refractivity contribution is 14.1. The molecule has 0 bridgehead atoms. The maximum absolute atomic E-state index is 5.31. The van der Waals surface area contributed by atoms with Crippen molar-refractivity contribution in [3.05, 3.63) is 32.5 Å². The molecule has 0 aliphatic rings. The number of rotatable bonds is 3. The van der Waals surface area contributed by atoms with Crippen molar-refractivity contribution in [1.29, 1.82) is 0 Å². The third-order valence-electron chi connectivity index (χ3n) is 1.36. The fraction of sp³-hybridized carbons (Fsp3) is 0.143. The molecular formula is C7H9IN2S. The van der Waals surface area contributed by atoms with Gasteiger partial charge in [0.05, 0.1) is 8.93 Å². The van der Waals surface area contributed by atoms with Gasteiger partial charge >= 0.3 is 0 Å². The Morgan fingerprint density at radius 3 is 2.91 bits per heavy atom. The van der Waals surface area contributed by atoms with Crippen molar-refractivity contribution in [2.24, 2.45) is 5.84 Å². The Bertz CT molecular complexity index is 246. The summed E-state index contributed by atoms with van der Waals surface area (Å²) in [5, 5.41) is 2.08. The van der Waals surface area contributed by atoms with Gasteiger partial charge in [-0.2, -0.15) is 0 Å². The van der Waals surface area contributed by atoms with Crippen molar-refractivity contribution >= 4 is 33.9 Å². The fourth-order valence-electron chi connectivity index (χ4n) is 0.787. The maximum Gasteiger partial charge on any atom is 0.0656 e. The average molecular weight is 280 g/mol. The van der Waals surface area contributed by atoms with Crippen molar-refractivity contribution in [1.82, 2.24) is 5.43 Å². The maximum atomic E-state index is 5.31. The van der Waals surface area contributed by atoms with Gasteiger partial charge in [0.25, 0.3) is 0 Å². The topological polar surface area (TPSA) is 38.0 Å². The Kier molecular flexibility index (Phi) is 3.50. The molecule has 0 aromatic carbocycles. The molecule has 0 saturated carbocycles. The summed E-state index contributed by atoms with van der Waals surface area (Å²) in [5.41, 5.74) is 3.84. The molecule has 3 N–H and O–H groups in total. The van der Waals surface area contributed by atoms with Gasteiger partial charge in [-0.25, -0.2) is 5.43 Å². The molecule has 1 heterocycles. The second-order valence-corrected chi connectivity index (χ2v) is 4.87. The van der Waals surface area contributed by atoms with Gasteiger partial charge in [-0.1, -0.05) is 6.08 Å². The average Bonchev–Trinajstić information content (AvgIpc) is 2.39. The number of halogens is 1. The Labute approximate surface area is 83.6 Å². The monoisotopic (exact) mass is 280 g/mol. The molecule has 1 aromatic heterocycles. The molecule has 1 rings (SSSR count). The van der Waals surface area contributed by atoms with Crippen LogP contribution in [0.1, 0.15) is 11.6 Å². The highest BCUT2D eigenvalue weighted by Gasteiger charge is 2.05. The lowest BCUT2D eigenvalue weighted by molar-refractivity contribution is 0.658. The molecule has 0 aliphatic carbocycles. The first-order valence-corrected chi connectivity index (χ1v) is 5.06. The van der Waals surface area contributed by atoms with E-state index in [0.29, 0.717) is 0 Å². The van der Waals surface area contributed by atoms with Crippen molar-refractivity contribution in [2.45, 2.75) is 6.04 Å².